The largest absolute Gasteiger partial charge is 0.384 e. The van der Waals surface area contributed by atoms with Gasteiger partial charge in [-0.15, -0.1) is 0 Å². The Kier molecular flexibility index (Phi) is 4.46. The summed E-state index contributed by atoms with van der Waals surface area (Å²) in [6.07, 6.45) is 0.610. The Morgan fingerprint density at radius 1 is 1.24 bits per heavy atom. The summed E-state index contributed by atoms with van der Waals surface area (Å²) in [5.74, 6) is -0.558. The van der Waals surface area contributed by atoms with Gasteiger partial charge in [-0.25, -0.2) is 4.39 Å². The predicted octanol–water partition coefficient (Wildman–Crippen LogP) is 3.26. The van der Waals surface area contributed by atoms with Crippen molar-refractivity contribution in [2.45, 2.75) is 6.42 Å². The van der Waals surface area contributed by atoms with Gasteiger partial charge < -0.3 is 5.32 Å². The van der Waals surface area contributed by atoms with Gasteiger partial charge in [-0.2, -0.15) is 5.26 Å². The van der Waals surface area contributed by atoms with Gasteiger partial charge >= 0.3 is 0 Å². The summed E-state index contributed by atoms with van der Waals surface area (Å²) in [6.45, 7) is 0.496. The molecule has 0 atom stereocenters. The quantitative estimate of drug-likeness (QED) is 0.675. The van der Waals surface area contributed by atoms with Crippen LogP contribution < -0.4 is 5.32 Å². The molecule has 0 fully saturated rings. The van der Waals surface area contributed by atoms with E-state index < -0.39 is 10.7 Å². The molecule has 0 aliphatic heterocycles. The first-order chi connectivity index (χ1) is 10.1. The van der Waals surface area contributed by atoms with Crippen LogP contribution in [0.5, 0.6) is 0 Å². The van der Waals surface area contributed by atoms with Crippen molar-refractivity contribution in [1.82, 2.24) is 0 Å². The average molecular weight is 285 g/mol. The number of rotatable bonds is 5. The lowest BCUT2D eigenvalue weighted by molar-refractivity contribution is -0.384. The highest BCUT2D eigenvalue weighted by Crippen LogP contribution is 2.18. The monoisotopic (exact) mass is 285 g/mol. The van der Waals surface area contributed by atoms with E-state index in [-0.39, 0.29) is 11.3 Å². The van der Waals surface area contributed by atoms with E-state index in [0.29, 0.717) is 18.7 Å². The van der Waals surface area contributed by atoms with Crippen molar-refractivity contribution in [3.63, 3.8) is 0 Å². The van der Waals surface area contributed by atoms with Crippen LogP contribution in [-0.2, 0) is 6.42 Å². The first-order valence-electron chi connectivity index (χ1n) is 6.27. The molecule has 0 radical (unpaired) electrons. The van der Waals surface area contributed by atoms with Gasteiger partial charge in [0.15, 0.2) is 0 Å². The van der Waals surface area contributed by atoms with Crippen molar-refractivity contribution >= 4 is 11.4 Å². The van der Waals surface area contributed by atoms with Gasteiger partial charge in [0.25, 0.3) is 5.69 Å². The molecule has 0 heterocycles. The Bertz CT molecular complexity index is 693. The van der Waals surface area contributed by atoms with Crippen molar-refractivity contribution in [2.24, 2.45) is 0 Å². The molecule has 2 aromatic carbocycles. The minimum atomic E-state index is -0.558. The van der Waals surface area contributed by atoms with E-state index in [0.717, 1.165) is 5.56 Å². The number of hydrogen-bond donors (Lipinski definition) is 1. The number of halogens is 1. The SMILES string of the molecule is N#Cc1c(F)cccc1NCCc1ccc([N+](=O)[O-])cc1. The number of hydrogen-bond acceptors (Lipinski definition) is 4. The molecule has 106 valence electrons. The number of nitrogens with zero attached hydrogens (tertiary/aromatic N) is 2. The lowest BCUT2D eigenvalue weighted by atomic mass is 10.1. The summed E-state index contributed by atoms with van der Waals surface area (Å²) >= 11 is 0. The molecule has 0 amide bonds. The predicted molar refractivity (Wildman–Crippen MR) is 76.4 cm³/mol. The van der Waals surface area contributed by atoms with Gasteiger partial charge in [0.1, 0.15) is 17.4 Å². The molecule has 0 saturated heterocycles. The second-order valence-corrected chi connectivity index (χ2v) is 4.37. The Balaban J connectivity index is 1.97. The molecule has 21 heavy (non-hydrogen) atoms. The standard InChI is InChI=1S/C15H12FN3O2/c16-14-2-1-3-15(13(14)10-17)18-9-8-11-4-6-12(7-5-11)19(20)21/h1-7,18H,8-9H2. The van der Waals surface area contributed by atoms with E-state index >= 15 is 0 Å². The van der Waals surface area contributed by atoms with Gasteiger partial charge in [0.05, 0.1) is 10.6 Å². The molecule has 2 aromatic rings. The van der Waals surface area contributed by atoms with Gasteiger partial charge in [0.2, 0.25) is 0 Å². The second kappa shape index (κ2) is 6.48. The van der Waals surface area contributed by atoms with Crippen LogP contribution in [0.25, 0.3) is 0 Å². The fourth-order valence-electron chi connectivity index (χ4n) is 1.91. The van der Waals surface area contributed by atoms with Gasteiger partial charge in [0, 0.05) is 18.7 Å². The zero-order valence-electron chi connectivity index (χ0n) is 11.0. The Labute approximate surface area is 120 Å². The lowest BCUT2D eigenvalue weighted by Crippen LogP contribution is -2.07. The molecule has 5 nitrogen and oxygen atoms in total. The Morgan fingerprint density at radius 2 is 1.95 bits per heavy atom. The maximum atomic E-state index is 13.4. The third-order valence-electron chi connectivity index (χ3n) is 3.00. The van der Waals surface area contributed by atoms with Crippen LogP contribution in [0.3, 0.4) is 0 Å². The van der Waals surface area contributed by atoms with Crippen LogP contribution >= 0.6 is 0 Å². The number of benzene rings is 2. The fraction of sp³-hybridized carbons (Fsp3) is 0.133. The fourth-order valence-corrected chi connectivity index (χ4v) is 1.91. The number of nitro groups is 1. The highest BCUT2D eigenvalue weighted by molar-refractivity contribution is 5.57. The summed E-state index contributed by atoms with van der Waals surface area (Å²) in [5.41, 5.74) is 1.40. The van der Waals surface area contributed by atoms with E-state index in [2.05, 4.69) is 5.32 Å². The maximum Gasteiger partial charge on any atom is 0.269 e. The van der Waals surface area contributed by atoms with Crippen LogP contribution in [0.15, 0.2) is 42.5 Å². The van der Waals surface area contributed by atoms with Crippen LogP contribution in [0.2, 0.25) is 0 Å². The van der Waals surface area contributed by atoms with E-state index in [4.69, 9.17) is 5.26 Å². The van der Waals surface area contributed by atoms with Crippen molar-refractivity contribution < 1.29 is 9.31 Å². The molecule has 0 aromatic heterocycles. The molecule has 0 saturated carbocycles. The molecule has 0 bridgehead atoms. The van der Waals surface area contributed by atoms with Crippen LogP contribution in [0.4, 0.5) is 15.8 Å². The molecule has 0 aliphatic carbocycles. The molecule has 0 unspecified atom stereocenters. The van der Waals surface area contributed by atoms with Crippen LogP contribution in [0, 0.1) is 27.3 Å². The number of nitriles is 1. The number of nitro benzene ring substituents is 1. The summed E-state index contributed by atoms with van der Waals surface area (Å²) in [5, 5.41) is 22.4. The molecular formula is C15H12FN3O2. The van der Waals surface area contributed by atoms with Gasteiger partial charge in [-0.3, -0.25) is 10.1 Å². The molecule has 0 aliphatic rings. The van der Waals surface area contributed by atoms with Crippen molar-refractivity contribution in [1.29, 1.82) is 5.26 Å². The first kappa shape index (κ1) is 14.5. The normalized spacial score (nSPS) is 9.90. The third kappa shape index (κ3) is 3.54. The first-order valence-corrected chi connectivity index (χ1v) is 6.27. The summed E-state index contributed by atoms with van der Waals surface area (Å²) in [4.78, 5) is 10.1. The van der Waals surface area contributed by atoms with Crippen molar-refractivity contribution in [2.75, 3.05) is 11.9 Å². The third-order valence-corrected chi connectivity index (χ3v) is 3.00. The number of anilines is 1. The molecule has 2 rings (SSSR count). The van der Waals surface area contributed by atoms with Crippen molar-refractivity contribution in [3.05, 3.63) is 69.5 Å². The minimum absolute atomic E-state index is 0.0128. The molecular weight excluding hydrogens is 273 g/mol. The summed E-state index contributed by atoms with van der Waals surface area (Å²) in [7, 11) is 0. The Hall–Kier alpha value is -2.94. The van der Waals surface area contributed by atoms with Gasteiger partial charge in [-0.1, -0.05) is 18.2 Å². The zero-order valence-corrected chi connectivity index (χ0v) is 11.0. The van der Waals surface area contributed by atoms with E-state index in [9.17, 15) is 14.5 Å². The van der Waals surface area contributed by atoms with Crippen LogP contribution in [-0.4, -0.2) is 11.5 Å². The second-order valence-electron chi connectivity index (χ2n) is 4.37. The molecule has 0 spiro atoms. The van der Waals surface area contributed by atoms with E-state index in [1.54, 1.807) is 18.2 Å². The number of nitrogens with one attached hydrogen (secondary N) is 1. The highest BCUT2D eigenvalue weighted by atomic mass is 19.1. The molecule has 1 N–H and O–H groups in total. The van der Waals surface area contributed by atoms with Gasteiger partial charge in [-0.05, 0) is 24.1 Å². The number of non-ortho nitro benzene ring substituents is 1. The van der Waals surface area contributed by atoms with E-state index in [1.807, 2.05) is 6.07 Å². The van der Waals surface area contributed by atoms with Crippen molar-refractivity contribution in [3.8, 4) is 6.07 Å². The summed E-state index contributed by atoms with van der Waals surface area (Å²) < 4.78 is 13.4. The lowest BCUT2D eigenvalue weighted by Gasteiger charge is -2.08. The minimum Gasteiger partial charge on any atom is -0.384 e. The maximum absolute atomic E-state index is 13.4. The Morgan fingerprint density at radius 3 is 2.57 bits per heavy atom. The van der Waals surface area contributed by atoms with Crippen LogP contribution in [0.1, 0.15) is 11.1 Å². The average Bonchev–Trinajstić information content (AvgIpc) is 2.48. The molecule has 6 heteroatoms. The smallest absolute Gasteiger partial charge is 0.269 e. The highest BCUT2D eigenvalue weighted by Gasteiger charge is 2.07. The topological polar surface area (TPSA) is 79.0 Å². The van der Waals surface area contributed by atoms with E-state index in [1.165, 1.54) is 24.3 Å². The zero-order chi connectivity index (χ0) is 15.2. The summed E-state index contributed by atoms with van der Waals surface area (Å²) in [6, 6.07) is 12.5.